The van der Waals surface area contributed by atoms with Crippen LogP contribution in [0.15, 0.2) is 65.7 Å². The molecule has 28 heavy (non-hydrogen) atoms. The predicted molar refractivity (Wildman–Crippen MR) is 117 cm³/mol. The lowest BCUT2D eigenvalue weighted by Gasteiger charge is -2.34. The van der Waals surface area contributed by atoms with E-state index in [-0.39, 0.29) is 0 Å². The number of para-hydroxylation sites is 1. The van der Waals surface area contributed by atoms with Gasteiger partial charge in [-0.05, 0) is 55.8 Å². The van der Waals surface area contributed by atoms with Gasteiger partial charge in [-0.1, -0.05) is 36.4 Å². The number of hydrogen-bond acceptors (Lipinski definition) is 4. The van der Waals surface area contributed by atoms with Gasteiger partial charge < -0.3 is 4.52 Å². The fourth-order valence-corrected chi connectivity index (χ4v) is 7.70. The summed E-state index contributed by atoms with van der Waals surface area (Å²) in [5.41, 5.74) is 2.83. The Morgan fingerprint density at radius 3 is 2.29 bits per heavy atom. The molecular formula is C21H21N4OPS. The van der Waals surface area contributed by atoms with Crippen molar-refractivity contribution >= 4 is 35.2 Å². The van der Waals surface area contributed by atoms with Crippen LogP contribution in [0.3, 0.4) is 0 Å². The Labute approximate surface area is 169 Å². The van der Waals surface area contributed by atoms with Gasteiger partial charge >= 0.3 is 0 Å². The fraction of sp³-hybridized carbons (Fsp3) is 0.238. The summed E-state index contributed by atoms with van der Waals surface area (Å²) in [6.07, 6.45) is -0.150. The van der Waals surface area contributed by atoms with E-state index < -0.39 is 6.42 Å². The van der Waals surface area contributed by atoms with Crippen LogP contribution < -0.4 is 5.30 Å². The number of aliphatic imine (C=N–C) groups is 1. The van der Waals surface area contributed by atoms with Crippen LogP contribution in [0.1, 0.15) is 24.1 Å². The number of aryl methyl sites for hydroxylation is 1. The Balaban J connectivity index is 1.75. The summed E-state index contributed by atoms with van der Waals surface area (Å²) in [7, 11) is 0. The summed E-state index contributed by atoms with van der Waals surface area (Å²) < 4.78 is 10.8. The summed E-state index contributed by atoms with van der Waals surface area (Å²) in [4.78, 5) is 4.91. The number of aromatic nitrogens is 2. The molecule has 0 N–H and O–H groups in total. The van der Waals surface area contributed by atoms with E-state index in [1.54, 1.807) is 0 Å². The minimum atomic E-state index is -2.46. The first-order chi connectivity index (χ1) is 13.7. The highest BCUT2D eigenvalue weighted by Gasteiger charge is 2.42. The van der Waals surface area contributed by atoms with Gasteiger partial charge in [0.05, 0.1) is 11.4 Å². The molecule has 1 fully saturated rings. The maximum absolute atomic E-state index is 6.55. The van der Waals surface area contributed by atoms with Crippen molar-refractivity contribution in [1.29, 1.82) is 0 Å². The summed E-state index contributed by atoms with van der Waals surface area (Å²) in [6, 6.07) is 20.1. The molecule has 0 spiro atoms. The SMILES string of the molecule is Cc1nn(-c2ccccc2)c2c1P(=S)(N1CCCC1)OC(c1ccccc1)=N2. The number of benzene rings is 2. The summed E-state index contributed by atoms with van der Waals surface area (Å²) in [5.74, 6) is 1.41. The van der Waals surface area contributed by atoms with Crippen molar-refractivity contribution in [2.24, 2.45) is 4.99 Å². The third-order valence-electron chi connectivity index (χ3n) is 5.18. The molecule has 3 aromatic rings. The van der Waals surface area contributed by atoms with E-state index in [4.69, 9.17) is 26.4 Å². The van der Waals surface area contributed by atoms with Gasteiger partial charge in [-0.25, -0.2) is 9.35 Å². The largest absolute Gasteiger partial charge is 0.431 e. The van der Waals surface area contributed by atoms with E-state index in [1.807, 2.05) is 72.3 Å². The molecule has 1 saturated heterocycles. The van der Waals surface area contributed by atoms with Crippen molar-refractivity contribution in [3.8, 4) is 5.69 Å². The minimum absolute atomic E-state index is 0.598. The fourth-order valence-electron chi connectivity index (χ4n) is 3.83. The van der Waals surface area contributed by atoms with Gasteiger partial charge in [0.1, 0.15) is 5.30 Å². The van der Waals surface area contributed by atoms with E-state index in [1.165, 1.54) is 0 Å². The smallest absolute Gasteiger partial charge is 0.227 e. The van der Waals surface area contributed by atoms with Crippen molar-refractivity contribution in [2.75, 3.05) is 13.1 Å². The molecule has 3 heterocycles. The lowest BCUT2D eigenvalue weighted by atomic mass is 10.2. The molecule has 0 saturated carbocycles. The zero-order valence-electron chi connectivity index (χ0n) is 15.7. The Kier molecular flexibility index (Phi) is 4.43. The Morgan fingerprint density at radius 2 is 1.61 bits per heavy atom. The first-order valence-corrected chi connectivity index (χ1v) is 12.2. The molecule has 1 aromatic heterocycles. The monoisotopic (exact) mass is 408 g/mol. The Morgan fingerprint density at radius 1 is 0.964 bits per heavy atom. The number of hydrogen-bond donors (Lipinski definition) is 0. The van der Waals surface area contributed by atoms with Crippen molar-refractivity contribution in [2.45, 2.75) is 19.8 Å². The zero-order chi connectivity index (χ0) is 19.1. The third-order valence-corrected chi connectivity index (χ3v) is 9.30. The zero-order valence-corrected chi connectivity index (χ0v) is 17.4. The predicted octanol–water partition coefficient (Wildman–Crippen LogP) is 4.32. The number of nitrogens with zero attached hydrogens (tertiary/aromatic N) is 4. The van der Waals surface area contributed by atoms with E-state index in [9.17, 15) is 0 Å². The van der Waals surface area contributed by atoms with E-state index in [2.05, 4.69) is 4.67 Å². The van der Waals surface area contributed by atoms with E-state index >= 15 is 0 Å². The van der Waals surface area contributed by atoms with Crippen molar-refractivity contribution in [3.63, 3.8) is 0 Å². The van der Waals surface area contributed by atoms with E-state index in [0.29, 0.717) is 5.90 Å². The first kappa shape index (κ1) is 17.8. The van der Waals surface area contributed by atoms with Crippen LogP contribution in [0.4, 0.5) is 5.82 Å². The maximum atomic E-state index is 6.55. The van der Waals surface area contributed by atoms with Gasteiger partial charge in [0.15, 0.2) is 5.82 Å². The van der Waals surface area contributed by atoms with Gasteiger partial charge in [0.25, 0.3) is 0 Å². The maximum Gasteiger partial charge on any atom is 0.227 e. The lowest BCUT2D eigenvalue weighted by Crippen LogP contribution is -2.30. The molecule has 5 rings (SSSR count). The Bertz CT molecular complexity index is 1090. The lowest BCUT2D eigenvalue weighted by molar-refractivity contribution is 0.482. The first-order valence-electron chi connectivity index (χ1n) is 9.51. The highest BCUT2D eigenvalue weighted by molar-refractivity contribution is 8.15. The van der Waals surface area contributed by atoms with Crippen LogP contribution in [-0.2, 0) is 16.3 Å². The molecule has 1 atom stereocenters. The van der Waals surface area contributed by atoms with Crippen LogP contribution in [0.25, 0.3) is 5.69 Å². The van der Waals surface area contributed by atoms with Gasteiger partial charge in [0, 0.05) is 18.7 Å². The molecule has 2 aliphatic rings. The van der Waals surface area contributed by atoms with Crippen LogP contribution in [0.2, 0.25) is 0 Å². The van der Waals surface area contributed by atoms with Gasteiger partial charge in [-0.2, -0.15) is 10.1 Å². The number of rotatable bonds is 3. The van der Waals surface area contributed by atoms with Crippen molar-refractivity contribution in [1.82, 2.24) is 14.5 Å². The third kappa shape index (κ3) is 2.84. The van der Waals surface area contributed by atoms with Crippen LogP contribution in [0, 0.1) is 6.92 Å². The molecule has 2 aliphatic heterocycles. The summed E-state index contributed by atoms with van der Waals surface area (Å²) >= 11 is 6.28. The second-order valence-corrected chi connectivity index (χ2v) is 10.8. The van der Waals surface area contributed by atoms with Gasteiger partial charge in [0.2, 0.25) is 12.3 Å². The molecule has 2 aromatic carbocycles. The average Bonchev–Trinajstić information content (AvgIpc) is 3.39. The minimum Gasteiger partial charge on any atom is -0.431 e. The van der Waals surface area contributed by atoms with Crippen LogP contribution >= 0.6 is 6.42 Å². The molecule has 0 aliphatic carbocycles. The van der Waals surface area contributed by atoms with Crippen molar-refractivity contribution < 1.29 is 4.52 Å². The standard InChI is InChI=1S/C21H21N4OPS/c1-16-19-20(25(23-16)18-12-6-3-7-13-18)22-21(17-10-4-2-5-11-17)26-27(19,28)24-14-8-9-15-24/h2-7,10-13H,8-9,14-15H2,1H3. The molecule has 5 nitrogen and oxygen atoms in total. The molecular weight excluding hydrogens is 387 g/mol. The molecule has 0 amide bonds. The highest BCUT2D eigenvalue weighted by atomic mass is 32.4. The second kappa shape index (κ2) is 6.96. The summed E-state index contributed by atoms with van der Waals surface area (Å²) in [6.45, 7) is 3.95. The second-order valence-electron chi connectivity index (χ2n) is 7.06. The average molecular weight is 408 g/mol. The molecule has 7 heteroatoms. The quantitative estimate of drug-likeness (QED) is 0.606. The molecule has 142 valence electrons. The highest BCUT2D eigenvalue weighted by Crippen LogP contribution is 2.57. The van der Waals surface area contributed by atoms with Crippen LogP contribution in [-0.4, -0.2) is 33.4 Å². The normalized spacial score (nSPS) is 21.8. The molecule has 1 unspecified atom stereocenters. The molecule has 0 radical (unpaired) electrons. The summed E-state index contributed by atoms with van der Waals surface area (Å²) in [5, 5.41) is 5.81. The topological polar surface area (TPSA) is 42.7 Å². The van der Waals surface area contributed by atoms with Crippen LogP contribution in [0.5, 0.6) is 0 Å². The van der Waals surface area contributed by atoms with Gasteiger partial charge in [-0.3, -0.25) is 0 Å². The number of fused-ring (bicyclic) bond motifs is 1. The molecule has 0 bridgehead atoms. The van der Waals surface area contributed by atoms with E-state index in [0.717, 1.165) is 54.0 Å². The Hall–Kier alpha value is -2.27. The van der Waals surface area contributed by atoms with Crippen molar-refractivity contribution in [3.05, 3.63) is 71.9 Å². The van der Waals surface area contributed by atoms with Gasteiger partial charge in [-0.15, -0.1) is 0 Å².